The number of rotatable bonds is 3. The van der Waals surface area contributed by atoms with E-state index in [1.54, 1.807) is 12.2 Å². The summed E-state index contributed by atoms with van der Waals surface area (Å²) in [6, 6.07) is 3.81. The van der Waals surface area contributed by atoms with E-state index in [9.17, 15) is 4.79 Å². The van der Waals surface area contributed by atoms with Crippen LogP contribution in [0.2, 0.25) is 0 Å². The molecule has 0 spiro atoms. The van der Waals surface area contributed by atoms with E-state index in [2.05, 4.69) is 15.9 Å². The molecule has 1 unspecified atom stereocenters. The number of hydrogen-bond acceptors (Lipinski definition) is 4. The van der Waals surface area contributed by atoms with Crippen LogP contribution in [0.25, 0.3) is 6.08 Å². The topological polar surface area (TPSA) is 64.8 Å². The first-order valence-corrected chi connectivity index (χ1v) is 8.23. The van der Waals surface area contributed by atoms with Crippen molar-refractivity contribution in [3.05, 3.63) is 28.2 Å². The molecule has 1 saturated heterocycles. The maximum Gasteiger partial charge on any atom is 0.246 e. The molecule has 2 heterocycles. The zero-order chi connectivity index (χ0) is 15.5. The molecule has 2 aliphatic rings. The quantitative estimate of drug-likeness (QED) is 0.831. The van der Waals surface area contributed by atoms with Gasteiger partial charge in [0.2, 0.25) is 5.91 Å². The third-order valence-electron chi connectivity index (χ3n) is 3.97. The number of likely N-dealkylation sites (tertiary alicyclic amines) is 1. The van der Waals surface area contributed by atoms with Crippen LogP contribution in [-0.4, -0.2) is 43.7 Å². The second kappa shape index (κ2) is 6.71. The van der Waals surface area contributed by atoms with Gasteiger partial charge >= 0.3 is 0 Å². The average molecular weight is 367 g/mol. The molecule has 2 N–H and O–H groups in total. The van der Waals surface area contributed by atoms with Gasteiger partial charge in [-0.25, -0.2) is 0 Å². The van der Waals surface area contributed by atoms with E-state index < -0.39 is 0 Å². The summed E-state index contributed by atoms with van der Waals surface area (Å²) >= 11 is 3.48. The minimum absolute atomic E-state index is 0.0296. The van der Waals surface area contributed by atoms with Crippen molar-refractivity contribution in [1.82, 2.24) is 4.90 Å². The Morgan fingerprint density at radius 1 is 1.41 bits per heavy atom. The highest BCUT2D eigenvalue weighted by molar-refractivity contribution is 9.10. The van der Waals surface area contributed by atoms with Gasteiger partial charge in [0.05, 0.1) is 4.47 Å². The van der Waals surface area contributed by atoms with E-state index in [0.29, 0.717) is 31.4 Å². The first kappa shape index (κ1) is 15.4. The van der Waals surface area contributed by atoms with Gasteiger partial charge in [-0.1, -0.05) is 0 Å². The van der Waals surface area contributed by atoms with Crippen molar-refractivity contribution in [3.63, 3.8) is 0 Å². The summed E-state index contributed by atoms with van der Waals surface area (Å²) < 4.78 is 12.0. The van der Waals surface area contributed by atoms with Gasteiger partial charge in [0.1, 0.15) is 13.2 Å². The lowest BCUT2D eigenvalue weighted by molar-refractivity contribution is -0.125. The van der Waals surface area contributed by atoms with Crippen LogP contribution in [0.1, 0.15) is 12.0 Å². The summed E-state index contributed by atoms with van der Waals surface area (Å²) in [6.45, 7) is 3.28. The predicted octanol–water partition coefficient (Wildman–Crippen LogP) is 2.04. The van der Waals surface area contributed by atoms with Crippen molar-refractivity contribution in [1.29, 1.82) is 0 Å². The highest BCUT2D eigenvalue weighted by atomic mass is 79.9. The number of hydrogen-bond donors (Lipinski definition) is 1. The average Bonchev–Trinajstić information content (AvgIpc) is 3.02. The molecule has 5 nitrogen and oxygen atoms in total. The lowest BCUT2D eigenvalue weighted by atomic mass is 10.1. The van der Waals surface area contributed by atoms with E-state index in [1.165, 1.54) is 0 Å². The van der Waals surface area contributed by atoms with E-state index in [0.717, 1.165) is 35.3 Å². The monoisotopic (exact) mass is 366 g/mol. The van der Waals surface area contributed by atoms with Gasteiger partial charge in [-0.3, -0.25) is 4.79 Å². The van der Waals surface area contributed by atoms with Gasteiger partial charge in [-0.05, 0) is 58.6 Å². The molecule has 6 heteroatoms. The summed E-state index contributed by atoms with van der Waals surface area (Å²) in [4.78, 5) is 14.0. The molecule has 118 valence electrons. The molecule has 1 amide bonds. The normalized spacial score (nSPS) is 20.6. The SMILES string of the molecule is NCC1CCN(C(=O)/C=C/c2cc(Br)c3c(c2)OCCO3)C1. The van der Waals surface area contributed by atoms with Crippen LogP contribution in [-0.2, 0) is 4.79 Å². The first-order valence-electron chi connectivity index (χ1n) is 7.43. The number of benzene rings is 1. The zero-order valence-electron chi connectivity index (χ0n) is 12.3. The van der Waals surface area contributed by atoms with Crippen molar-refractivity contribution in [2.24, 2.45) is 11.7 Å². The Hall–Kier alpha value is -1.53. The molecule has 22 heavy (non-hydrogen) atoms. The summed E-state index contributed by atoms with van der Waals surface area (Å²) in [6.07, 6.45) is 4.41. The molecule has 0 saturated carbocycles. The number of carbonyl (C=O) groups excluding carboxylic acids is 1. The lowest BCUT2D eigenvalue weighted by Gasteiger charge is -2.20. The minimum Gasteiger partial charge on any atom is -0.486 e. The lowest BCUT2D eigenvalue weighted by Crippen LogP contribution is -2.28. The van der Waals surface area contributed by atoms with Crippen molar-refractivity contribution in [2.45, 2.75) is 6.42 Å². The van der Waals surface area contributed by atoms with Gasteiger partial charge < -0.3 is 20.1 Å². The van der Waals surface area contributed by atoms with Crippen molar-refractivity contribution < 1.29 is 14.3 Å². The first-order chi connectivity index (χ1) is 10.7. The maximum atomic E-state index is 12.2. The Bertz CT molecular complexity index is 603. The van der Waals surface area contributed by atoms with Gasteiger partial charge in [0.15, 0.2) is 11.5 Å². The summed E-state index contributed by atoms with van der Waals surface area (Å²) in [5.41, 5.74) is 6.56. The van der Waals surface area contributed by atoms with Gasteiger partial charge in [0, 0.05) is 19.2 Å². The second-order valence-corrected chi connectivity index (χ2v) is 6.39. The van der Waals surface area contributed by atoms with Crippen molar-refractivity contribution >= 4 is 27.9 Å². The zero-order valence-corrected chi connectivity index (χ0v) is 13.8. The Labute approximate surface area is 138 Å². The van der Waals surface area contributed by atoms with E-state index >= 15 is 0 Å². The predicted molar refractivity (Wildman–Crippen MR) is 87.9 cm³/mol. The number of carbonyl (C=O) groups is 1. The largest absolute Gasteiger partial charge is 0.486 e. The molecule has 1 fully saturated rings. The molecular formula is C16H19BrN2O3. The molecule has 3 rings (SSSR count). The van der Waals surface area contributed by atoms with E-state index in [4.69, 9.17) is 15.2 Å². The highest BCUT2D eigenvalue weighted by Gasteiger charge is 2.23. The molecule has 1 aromatic rings. The summed E-state index contributed by atoms with van der Waals surface area (Å²) in [5.74, 6) is 1.89. The fraction of sp³-hybridized carbons (Fsp3) is 0.438. The molecule has 0 aromatic heterocycles. The fourth-order valence-electron chi connectivity index (χ4n) is 2.73. The van der Waals surface area contributed by atoms with Crippen LogP contribution in [0.3, 0.4) is 0 Å². The minimum atomic E-state index is 0.0296. The van der Waals surface area contributed by atoms with E-state index in [-0.39, 0.29) is 5.91 Å². The molecule has 0 radical (unpaired) electrons. The Balaban J connectivity index is 1.70. The Morgan fingerprint density at radius 3 is 3.00 bits per heavy atom. The number of ether oxygens (including phenoxy) is 2. The number of halogens is 1. The standard InChI is InChI=1S/C16H19BrN2O3/c17-13-7-11(8-14-16(13)22-6-5-21-14)1-2-15(20)19-4-3-12(9-18)10-19/h1-2,7-8,12H,3-6,9-10,18H2/b2-1+. The Kier molecular flexibility index (Phi) is 4.69. The van der Waals surface area contributed by atoms with Crippen molar-refractivity contribution in [3.8, 4) is 11.5 Å². The molecule has 2 aliphatic heterocycles. The van der Waals surface area contributed by atoms with Crippen LogP contribution < -0.4 is 15.2 Å². The summed E-state index contributed by atoms with van der Waals surface area (Å²) in [7, 11) is 0. The summed E-state index contributed by atoms with van der Waals surface area (Å²) in [5, 5.41) is 0. The van der Waals surface area contributed by atoms with Crippen LogP contribution in [0.15, 0.2) is 22.7 Å². The maximum absolute atomic E-state index is 12.2. The van der Waals surface area contributed by atoms with Gasteiger partial charge in [-0.2, -0.15) is 0 Å². The van der Waals surface area contributed by atoms with Crippen LogP contribution in [0.4, 0.5) is 0 Å². The smallest absolute Gasteiger partial charge is 0.246 e. The number of amides is 1. The van der Waals surface area contributed by atoms with Gasteiger partial charge in [0.25, 0.3) is 0 Å². The third kappa shape index (κ3) is 3.28. The van der Waals surface area contributed by atoms with Crippen molar-refractivity contribution in [2.75, 3.05) is 32.8 Å². The highest BCUT2D eigenvalue weighted by Crippen LogP contribution is 2.38. The van der Waals surface area contributed by atoms with Crippen LogP contribution in [0.5, 0.6) is 11.5 Å². The van der Waals surface area contributed by atoms with Gasteiger partial charge in [-0.15, -0.1) is 0 Å². The molecule has 1 aromatic carbocycles. The number of fused-ring (bicyclic) bond motifs is 1. The number of nitrogens with two attached hydrogens (primary N) is 1. The molecule has 0 aliphatic carbocycles. The molecular weight excluding hydrogens is 348 g/mol. The third-order valence-corrected chi connectivity index (χ3v) is 4.56. The fourth-order valence-corrected chi connectivity index (χ4v) is 3.30. The molecule has 0 bridgehead atoms. The number of nitrogens with zero attached hydrogens (tertiary/aromatic N) is 1. The van der Waals surface area contributed by atoms with E-state index in [1.807, 2.05) is 17.0 Å². The molecule has 1 atom stereocenters. The Morgan fingerprint density at radius 2 is 2.23 bits per heavy atom. The van der Waals surface area contributed by atoms with Crippen LogP contribution >= 0.6 is 15.9 Å². The van der Waals surface area contributed by atoms with Crippen LogP contribution in [0, 0.1) is 5.92 Å². The second-order valence-electron chi connectivity index (χ2n) is 5.53.